The molecule has 0 radical (unpaired) electrons. The number of fused-ring (bicyclic) bond motifs is 1. The molecule has 2 unspecified atom stereocenters. The first-order valence-electron chi connectivity index (χ1n) is 13.8. The van der Waals surface area contributed by atoms with E-state index in [-0.39, 0.29) is 18.2 Å². The zero-order valence-corrected chi connectivity index (χ0v) is 22.8. The van der Waals surface area contributed by atoms with Crippen LogP contribution in [0.15, 0.2) is 42.5 Å². The minimum Gasteiger partial charge on any atom is -0.493 e. The van der Waals surface area contributed by atoms with Gasteiger partial charge in [-0.2, -0.15) is 5.26 Å². The molecule has 0 aromatic heterocycles. The van der Waals surface area contributed by atoms with E-state index in [0.717, 1.165) is 74.2 Å². The van der Waals surface area contributed by atoms with Crippen molar-refractivity contribution < 1.29 is 19.4 Å². The normalized spacial score (nSPS) is 23.2. The highest BCUT2D eigenvalue weighted by molar-refractivity contribution is 6.30. The number of nitrogens with one attached hydrogen (secondary N) is 1. The molecular weight excluding hydrogens is 516 g/mol. The molecule has 9 heteroatoms. The van der Waals surface area contributed by atoms with E-state index >= 15 is 0 Å². The van der Waals surface area contributed by atoms with E-state index in [1.807, 2.05) is 42.5 Å². The summed E-state index contributed by atoms with van der Waals surface area (Å²) in [5.74, 6) is 0.128. The Bertz CT molecular complexity index is 1250. The Morgan fingerprint density at radius 1 is 1.13 bits per heavy atom. The molecule has 0 bridgehead atoms. The van der Waals surface area contributed by atoms with E-state index in [0.29, 0.717) is 24.6 Å². The Hall–Kier alpha value is -2.96. The number of halogens is 1. The number of hydrogen-bond donors (Lipinski definition) is 2. The quantitative estimate of drug-likeness (QED) is 0.358. The smallest absolute Gasteiger partial charge is 0.244 e. The average molecular weight is 551 g/mol. The molecule has 2 amide bonds. The number of nitrogens with zero attached hydrogens (tertiary/aromatic N) is 3. The van der Waals surface area contributed by atoms with Crippen molar-refractivity contribution in [1.29, 1.82) is 5.26 Å². The Labute approximate surface area is 234 Å². The molecule has 0 saturated carbocycles. The van der Waals surface area contributed by atoms with Crippen LogP contribution < -0.4 is 10.1 Å². The molecule has 5 rings (SSSR count). The van der Waals surface area contributed by atoms with Crippen LogP contribution in [0.2, 0.25) is 5.02 Å². The van der Waals surface area contributed by atoms with Crippen LogP contribution in [0, 0.1) is 11.3 Å². The molecule has 206 valence electrons. The van der Waals surface area contributed by atoms with Crippen molar-refractivity contribution in [3.8, 4) is 11.8 Å². The van der Waals surface area contributed by atoms with Crippen molar-refractivity contribution in [2.75, 3.05) is 26.2 Å². The lowest BCUT2D eigenvalue weighted by Gasteiger charge is -2.37. The minimum atomic E-state index is -0.893. The Morgan fingerprint density at radius 3 is 2.67 bits per heavy atom. The molecule has 2 aromatic carbocycles. The van der Waals surface area contributed by atoms with E-state index in [4.69, 9.17) is 16.3 Å². The maximum Gasteiger partial charge on any atom is 0.244 e. The van der Waals surface area contributed by atoms with Gasteiger partial charge in [0.1, 0.15) is 12.0 Å². The number of benzene rings is 2. The van der Waals surface area contributed by atoms with Gasteiger partial charge in [0.15, 0.2) is 0 Å². The Balaban J connectivity index is 1.05. The zero-order valence-electron chi connectivity index (χ0n) is 22.1. The average Bonchev–Trinajstić information content (AvgIpc) is 3.27. The highest BCUT2D eigenvalue weighted by Crippen LogP contribution is 2.40. The first-order valence-corrected chi connectivity index (χ1v) is 14.2. The fourth-order valence-corrected chi connectivity index (χ4v) is 6.25. The van der Waals surface area contributed by atoms with Gasteiger partial charge in [-0.25, -0.2) is 0 Å². The van der Waals surface area contributed by atoms with Gasteiger partial charge in [-0.1, -0.05) is 35.9 Å². The summed E-state index contributed by atoms with van der Waals surface area (Å²) in [4.78, 5) is 28.0. The van der Waals surface area contributed by atoms with Crippen LogP contribution in [-0.4, -0.2) is 59.0 Å². The van der Waals surface area contributed by atoms with Crippen molar-refractivity contribution in [1.82, 2.24) is 15.1 Å². The molecule has 0 spiro atoms. The second kappa shape index (κ2) is 12.1. The van der Waals surface area contributed by atoms with E-state index in [9.17, 15) is 20.0 Å². The first-order chi connectivity index (χ1) is 18.9. The van der Waals surface area contributed by atoms with Gasteiger partial charge in [0.05, 0.1) is 24.1 Å². The monoisotopic (exact) mass is 550 g/mol. The van der Waals surface area contributed by atoms with Gasteiger partial charge in [-0.05, 0) is 81.9 Å². The third-order valence-corrected chi connectivity index (χ3v) is 8.62. The summed E-state index contributed by atoms with van der Waals surface area (Å²) in [6.07, 6.45) is 4.43. The maximum absolute atomic E-state index is 12.3. The fourth-order valence-electron chi connectivity index (χ4n) is 6.06. The third kappa shape index (κ3) is 5.97. The number of carbonyl (C=O) groups is 2. The fraction of sp³-hybridized carbons (Fsp3) is 0.500. The van der Waals surface area contributed by atoms with Crippen LogP contribution in [0.4, 0.5) is 0 Å². The predicted molar refractivity (Wildman–Crippen MR) is 147 cm³/mol. The highest BCUT2D eigenvalue weighted by Gasteiger charge is 2.41. The molecule has 3 heterocycles. The summed E-state index contributed by atoms with van der Waals surface area (Å²) in [5.41, 5.74) is 2.23. The number of aliphatic hydroxyl groups is 1. The second-order valence-corrected chi connectivity index (χ2v) is 11.2. The van der Waals surface area contributed by atoms with Gasteiger partial charge in [0, 0.05) is 29.1 Å². The molecule has 2 saturated heterocycles. The number of imide groups is 1. The van der Waals surface area contributed by atoms with Crippen LogP contribution in [0.3, 0.4) is 0 Å². The van der Waals surface area contributed by atoms with E-state index in [1.165, 1.54) is 0 Å². The summed E-state index contributed by atoms with van der Waals surface area (Å²) in [6.45, 7) is 3.80. The van der Waals surface area contributed by atoms with Crippen molar-refractivity contribution in [2.24, 2.45) is 0 Å². The topological polar surface area (TPSA) is 106 Å². The summed E-state index contributed by atoms with van der Waals surface area (Å²) < 4.78 is 6.12. The maximum atomic E-state index is 12.3. The summed E-state index contributed by atoms with van der Waals surface area (Å²) in [5, 5.41) is 23.9. The number of hydrogen-bond acceptors (Lipinski definition) is 7. The largest absolute Gasteiger partial charge is 0.493 e. The van der Waals surface area contributed by atoms with Gasteiger partial charge < -0.3 is 14.7 Å². The molecule has 39 heavy (non-hydrogen) atoms. The Kier molecular flexibility index (Phi) is 8.53. The predicted octanol–water partition coefficient (Wildman–Crippen LogP) is 4.06. The number of nitriles is 1. The van der Waals surface area contributed by atoms with E-state index in [1.54, 1.807) is 4.90 Å². The molecule has 2 N–H and O–H groups in total. The molecule has 3 aliphatic rings. The number of ether oxygens (including phenoxy) is 1. The minimum absolute atomic E-state index is 0.264. The number of carbonyl (C=O) groups excluding carboxylic acids is 2. The van der Waals surface area contributed by atoms with Gasteiger partial charge in [-0.3, -0.25) is 19.8 Å². The van der Waals surface area contributed by atoms with Crippen LogP contribution in [0.5, 0.6) is 5.75 Å². The molecule has 0 aliphatic carbocycles. The number of piperidine rings is 2. The number of rotatable bonds is 9. The number of likely N-dealkylation sites (tertiary alicyclic amines) is 1. The third-order valence-electron chi connectivity index (χ3n) is 8.39. The molecule has 8 nitrogen and oxygen atoms in total. The van der Waals surface area contributed by atoms with Crippen LogP contribution >= 0.6 is 11.6 Å². The molecule has 2 fully saturated rings. The van der Waals surface area contributed by atoms with Gasteiger partial charge in [0.2, 0.25) is 11.8 Å². The van der Waals surface area contributed by atoms with Crippen molar-refractivity contribution in [3.05, 3.63) is 64.2 Å². The van der Waals surface area contributed by atoms with Crippen molar-refractivity contribution >= 4 is 23.4 Å². The van der Waals surface area contributed by atoms with Crippen LogP contribution in [0.1, 0.15) is 67.9 Å². The van der Waals surface area contributed by atoms with Crippen LogP contribution in [0.25, 0.3) is 0 Å². The summed E-state index contributed by atoms with van der Waals surface area (Å²) in [6, 6.07) is 15.4. The molecule has 3 aliphatic heterocycles. The number of aliphatic hydroxyl groups excluding tert-OH is 1. The number of amides is 2. The van der Waals surface area contributed by atoms with E-state index < -0.39 is 17.7 Å². The summed E-state index contributed by atoms with van der Waals surface area (Å²) >= 11 is 6.18. The lowest BCUT2D eigenvalue weighted by Crippen LogP contribution is -2.51. The zero-order chi connectivity index (χ0) is 27.4. The second-order valence-electron chi connectivity index (χ2n) is 10.8. The molecule has 2 aromatic rings. The lowest BCUT2D eigenvalue weighted by molar-refractivity contribution is -0.141. The summed E-state index contributed by atoms with van der Waals surface area (Å²) in [7, 11) is 0. The number of unbranched alkanes of at least 4 members (excludes halogenated alkanes) is 2. The standard InChI is InChI=1S/C30H35ClN4O4/c31-22-7-4-6-21(18-22)30(20-32)12-15-34(16-13-30)14-2-1-3-17-39-26-9-5-8-23-24(26)19-35(29(23)38)25-10-11-27(36)33-28(25)37/h4-9,18,25,29,38H,1-3,10-17,19H2,(H,33,36,37). The van der Waals surface area contributed by atoms with E-state index in [2.05, 4.69) is 16.3 Å². The van der Waals surface area contributed by atoms with Crippen molar-refractivity contribution in [3.63, 3.8) is 0 Å². The van der Waals surface area contributed by atoms with Crippen LogP contribution in [-0.2, 0) is 21.5 Å². The van der Waals surface area contributed by atoms with Gasteiger partial charge in [-0.15, -0.1) is 0 Å². The van der Waals surface area contributed by atoms with Crippen molar-refractivity contribution in [2.45, 2.75) is 69.2 Å². The highest BCUT2D eigenvalue weighted by atomic mass is 35.5. The van der Waals surface area contributed by atoms with Gasteiger partial charge >= 0.3 is 0 Å². The first kappa shape index (κ1) is 27.6. The van der Waals surface area contributed by atoms with Gasteiger partial charge in [0.25, 0.3) is 0 Å². The SMILES string of the molecule is N#CC1(c2cccc(Cl)c2)CCN(CCCCCOc2cccc3c2CN(C2CCC(=O)NC2=O)C3O)CC1. The lowest BCUT2D eigenvalue weighted by atomic mass is 9.74. The molecule has 2 atom stereocenters. The molecular formula is C30H35ClN4O4. The Morgan fingerprint density at radius 2 is 1.92 bits per heavy atom.